The fourth-order valence-corrected chi connectivity index (χ4v) is 3.10. The largest absolute Gasteiger partial charge is 0.365 e. The molecule has 1 atom stereocenters. The van der Waals surface area contributed by atoms with E-state index in [2.05, 4.69) is 54.6 Å². The van der Waals surface area contributed by atoms with Gasteiger partial charge >= 0.3 is 0 Å². The Morgan fingerprint density at radius 2 is 2.32 bits per heavy atom. The third kappa shape index (κ3) is 2.66. The van der Waals surface area contributed by atoms with Crippen LogP contribution < -0.4 is 4.90 Å². The quantitative estimate of drug-likeness (QED) is 0.871. The zero-order valence-electron chi connectivity index (χ0n) is 11.0. The number of halogens is 1. The van der Waals surface area contributed by atoms with Crippen LogP contribution in [0.3, 0.4) is 0 Å². The van der Waals surface area contributed by atoms with Gasteiger partial charge in [-0.3, -0.25) is 4.98 Å². The van der Waals surface area contributed by atoms with Crippen LogP contribution >= 0.6 is 15.9 Å². The van der Waals surface area contributed by atoms with Gasteiger partial charge in [0.25, 0.3) is 0 Å². The highest BCUT2D eigenvalue weighted by Gasteiger charge is 2.25. The molecule has 0 bridgehead atoms. The molecule has 0 saturated carbocycles. The summed E-state index contributed by atoms with van der Waals surface area (Å²) in [5.74, 6) is 1.08. The van der Waals surface area contributed by atoms with Gasteiger partial charge in [-0.1, -0.05) is 0 Å². The fourth-order valence-electron chi connectivity index (χ4n) is 2.75. The summed E-state index contributed by atoms with van der Waals surface area (Å²) in [5.41, 5.74) is 1.20. The van der Waals surface area contributed by atoms with E-state index in [9.17, 15) is 0 Å². The summed E-state index contributed by atoms with van der Waals surface area (Å²) < 4.78 is 3.27. The van der Waals surface area contributed by atoms with E-state index in [1.165, 1.54) is 18.5 Å². The lowest BCUT2D eigenvalue weighted by Crippen LogP contribution is -2.33. The third-order valence-corrected chi connectivity index (χ3v) is 4.16. The smallest absolute Gasteiger partial charge is 0.105 e. The molecular formula is C14H17BrN4. The van der Waals surface area contributed by atoms with Gasteiger partial charge in [0.2, 0.25) is 0 Å². The molecule has 0 radical (unpaired) electrons. The molecule has 1 saturated heterocycles. The molecule has 5 heteroatoms. The van der Waals surface area contributed by atoms with Crippen molar-refractivity contribution in [2.24, 2.45) is 0 Å². The molecule has 0 spiro atoms. The third-order valence-electron chi connectivity index (χ3n) is 3.73. The summed E-state index contributed by atoms with van der Waals surface area (Å²) in [6.45, 7) is 4.16. The molecule has 0 aliphatic carbocycles. The number of aryl methyl sites for hydroxylation is 1. The highest BCUT2D eigenvalue weighted by Crippen LogP contribution is 2.27. The molecule has 2 aromatic rings. The Hall–Kier alpha value is -1.36. The lowest BCUT2D eigenvalue weighted by molar-refractivity contribution is 0.540. The summed E-state index contributed by atoms with van der Waals surface area (Å²) in [5, 5.41) is 0. The first-order valence-corrected chi connectivity index (χ1v) is 7.38. The van der Waals surface area contributed by atoms with Crippen LogP contribution in [0.4, 0.5) is 5.69 Å². The Balaban J connectivity index is 1.80. The first-order chi connectivity index (χ1) is 9.24. The number of rotatable bonds is 3. The number of hydrogen-bond acceptors (Lipinski definition) is 3. The minimum absolute atomic E-state index is 0.531. The van der Waals surface area contributed by atoms with Crippen molar-refractivity contribution < 1.29 is 0 Å². The van der Waals surface area contributed by atoms with Crippen molar-refractivity contribution in [2.45, 2.75) is 32.4 Å². The summed E-state index contributed by atoms with van der Waals surface area (Å²) in [7, 11) is 0. The van der Waals surface area contributed by atoms with Crippen molar-refractivity contribution >= 4 is 21.6 Å². The Kier molecular flexibility index (Phi) is 3.55. The number of aromatic nitrogens is 3. The SMILES string of the molecule is Cc1nccn1CC1CCCN1c1cncc(Br)c1. The van der Waals surface area contributed by atoms with E-state index in [4.69, 9.17) is 0 Å². The minimum atomic E-state index is 0.531. The van der Waals surface area contributed by atoms with E-state index in [0.717, 1.165) is 23.4 Å². The van der Waals surface area contributed by atoms with Gasteiger partial charge in [0.05, 0.1) is 11.9 Å². The van der Waals surface area contributed by atoms with Crippen molar-refractivity contribution in [1.29, 1.82) is 0 Å². The average molecular weight is 321 g/mol. The number of pyridine rings is 1. The molecule has 4 nitrogen and oxygen atoms in total. The van der Waals surface area contributed by atoms with Gasteiger partial charge in [-0.2, -0.15) is 0 Å². The van der Waals surface area contributed by atoms with E-state index in [1.54, 1.807) is 0 Å². The second-order valence-electron chi connectivity index (χ2n) is 4.98. The molecule has 0 amide bonds. The number of hydrogen-bond donors (Lipinski definition) is 0. The van der Waals surface area contributed by atoms with Crippen LogP contribution in [-0.2, 0) is 6.54 Å². The van der Waals surface area contributed by atoms with Crippen LogP contribution in [0.2, 0.25) is 0 Å². The van der Waals surface area contributed by atoms with E-state index in [0.29, 0.717) is 6.04 Å². The molecule has 100 valence electrons. The maximum atomic E-state index is 4.30. The van der Waals surface area contributed by atoms with Gasteiger partial charge in [-0.15, -0.1) is 0 Å². The Bertz CT molecular complexity index is 566. The summed E-state index contributed by atoms with van der Waals surface area (Å²) in [4.78, 5) is 11.0. The lowest BCUT2D eigenvalue weighted by atomic mass is 10.2. The molecule has 19 heavy (non-hydrogen) atoms. The van der Waals surface area contributed by atoms with Gasteiger partial charge < -0.3 is 9.47 Å². The van der Waals surface area contributed by atoms with Crippen molar-refractivity contribution in [3.05, 3.63) is 41.2 Å². The maximum absolute atomic E-state index is 4.30. The predicted molar refractivity (Wildman–Crippen MR) is 79.3 cm³/mol. The number of nitrogens with zero attached hydrogens (tertiary/aromatic N) is 4. The second kappa shape index (κ2) is 5.33. The van der Waals surface area contributed by atoms with E-state index in [1.807, 2.05) is 18.6 Å². The predicted octanol–water partition coefficient (Wildman–Crippen LogP) is 3.02. The first-order valence-electron chi connectivity index (χ1n) is 6.59. The summed E-state index contributed by atoms with van der Waals surface area (Å²) in [6, 6.07) is 2.68. The Morgan fingerprint density at radius 3 is 3.05 bits per heavy atom. The average Bonchev–Trinajstić information content (AvgIpc) is 3.00. The second-order valence-corrected chi connectivity index (χ2v) is 5.89. The van der Waals surface area contributed by atoms with Crippen molar-refractivity contribution in [3.63, 3.8) is 0 Å². The highest BCUT2D eigenvalue weighted by molar-refractivity contribution is 9.10. The van der Waals surface area contributed by atoms with Crippen molar-refractivity contribution in [3.8, 4) is 0 Å². The van der Waals surface area contributed by atoms with Gasteiger partial charge in [-0.25, -0.2) is 4.98 Å². The van der Waals surface area contributed by atoms with E-state index >= 15 is 0 Å². The molecule has 1 aliphatic rings. The molecule has 0 N–H and O–H groups in total. The Labute approximate surface area is 121 Å². The van der Waals surface area contributed by atoms with Crippen LogP contribution in [0, 0.1) is 6.92 Å². The topological polar surface area (TPSA) is 34.0 Å². The van der Waals surface area contributed by atoms with E-state index in [-0.39, 0.29) is 0 Å². The maximum Gasteiger partial charge on any atom is 0.105 e. The Morgan fingerprint density at radius 1 is 1.42 bits per heavy atom. The molecule has 1 aliphatic heterocycles. The zero-order valence-corrected chi connectivity index (χ0v) is 12.5. The van der Waals surface area contributed by atoms with Crippen LogP contribution in [0.15, 0.2) is 35.3 Å². The van der Waals surface area contributed by atoms with Gasteiger partial charge in [0, 0.05) is 42.2 Å². The molecule has 1 fully saturated rings. The van der Waals surface area contributed by atoms with Gasteiger partial charge in [0.1, 0.15) is 5.82 Å². The molecular weight excluding hydrogens is 304 g/mol. The molecule has 1 unspecified atom stereocenters. The fraction of sp³-hybridized carbons (Fsp3) is 0.429. The van der Waals surface area contributed by atoms with Crippen LogP contribution in [0.1, 0.15) is 18.7 Å². The monoisotopic (exact) mass is 320 g/mol. The van der Waals surface area contributed by atoms with Gasteiger partial charge in [-0.05, 0) is 41.8 Å². The highest BCUT2D eigenvalue weighted by atomic mass is 79.9. The minimum Gasteiger partial charge on any atom is -0.365 e. The molecule has 3 heterocycles. The van der Waals surface area contributed by atoms with Crippen LogP contribution in [0.5, 0.6) is 0 Å². The molecule has 0 aromatic carbocycles. The summed E-state index contributed by atoms with van der Waals surface area (Å²) >= 11 is 3.50. The van der Waals surface area contributed by atoms with Crippen molar-refractivity contribution in [2.75, 3.05) is 11.4 Å². The summed E-state index contributed by atoms with van der Waals surface area (Å²) in [6.07, 6.45) is 10.2. The number of imidazole rings is 1. The lowest BCUT2D eigenvalue weighted by Gasteiger charge is -2.27. The van der Waals surface area contributed by atoms with Crippen molar-refractivity contribution in [1.82, 2.24) is 14.5 Å². The standard InChI is InChI=1S/C14H17BrN4/c1-11-17-4-6-18(11)10-13-3-2-5-19(13)14-7-12(15)8-16-9-14/h4,6-9,13H,2-3,5,10H2,1H3. The molecule has 2 aromatic heterocycles. The first kappa shape index (κ1) is 12.7. The zero-order chi connectivity index (χ0) is 13.2. The van der Waals surface area contributed by atoms with E-state index < -0.39 is 0 Å². The normalized spacial score (nSPS) is 19.1. The van der Waals surface area contributed by atoms with Gasteiger partial charge in [0.15, 0.2) is 0 Å². The molecule has 3 rings (SSSR count). The van der Waals surface area contributed by atoms with Crippen LogP contribution in [0.25, 0.3) is 0 Å². The van der Waals surface area contributed by atoms with Crippen LogP contribution in [-0.4, -0.2) is 27.1 Å². The number of anilines is 1.